The van der Waals surface area contributed by atoms with Crippen molar-refractivity contribution in [2.75, 3.05) is 19.6 Å². The Balaban J connectivity index is 2.26. The van der Waals surface area contributed by atoms with E-state index in [9.17, 15) is 0 Å². The largest absolute Gasteiger partial charge is 0.314 e. The van der Waals surface area contributed by atoms with E-state index >= 15 is 0 Å². The second kappa shape index (κ2) is 5.86. The van der Waals surface area contributed by atoms with E-state index in [1.807, 2.05) is 0 Å². The van der Waals surface area contributed by atoms with E-state index in [4.69, 9.17) is 0 Å². The van der Waals surface area contributed by atoms with Gasteiger partial charge in [0.2, 0.25) is 0 Å². The van der Waals surface area contributed by atoms with E-state index in [0.717, 1.165) is 17.9 Å². The number of hydrogen-bond donors (Lipinski definition) is 1. The fourth-order valence-electron chi connectivity index (χ4n) is 2.22. The van der Waals surface area contributed by atoms with Gasteiger partial charge in [-0.05, 0) is 38.3 Å². The van der Waals surface area contributed by atoms with Crippen molar-refractivity contribution >= 4 is 0 Å². The summed E-state index contributed by atoms with van der Waals surface area (Å²) in [5.41, 5.74) is 0. The summed E-state index contributed by atoms with van der Waals surface area (Å²) in [5.74, 6) is 1.65. The standard InChI is InChI=1S/C13H28N2/c1-10(2)12(5)15-7-6-13(9-15)8-14-11(3)4/h10-14H,6-9H2,1-5H3. The first-order chi connectivity index (χ1) is 7.00. The molecule has 0 aromatic carbocycles. The lowest BCUT2D eigenvalue weighted by atomic mass is 10.1. The molecule has 1 aliphatic heterocycles. The molecule has 1 aliphatic rings. The molecule has 0 spiro atoms. The van der Waals surface area contributed by atoms with Crippen LogP contribution in [0, 0.1) is 11.8 Å². The van der Waals surface area contributed by atoms with Crippen LogP contribution in [0.2, 0.25) is 0 Å². The molecule has 2 heteroatoms. The zero-order valence-electron chi connectivity index (χ0n) is 11.1. The van der Waals surface area contributed by atoms with E-state index in [0.29, 0.717) is 6.04 Å². The third kappa shape index (κ3) is 4.12. The summed E-state index contributed by atoms with van der Waals surface area (Å²) in [7, 11) is 0. The van der Waals surface area contributed by atoms with Crippen LogP contribution in [0.4, 0.5) is 0 Å². The summed E-state index contributed by atoms with van der Waals surface area (Å²) in [6, 6.07) is 1.37. The van der Waals surface area contributed by atoms with Gasteiger partial charge in [-0.2, -0.15) is 0 Å². The van der Waals surface area contributed by atoms with Gasteiger partial charge in [0.25, 0.3) is 0 Å². The molecule has 2 unspecified atom stereocenters. The van der Waals surface area contributed by atoms with Gasteiger partial charge in [-0.3, -0.25) is 0 Å². The number of nitrogens with one attached hydrogen (secondary N) is 1. The average Bonchev–Trinajstić information content (AvgIpc) is 2.61. The SMILES string of the molecule is CC(C)NCC1CCN(C(C)C(C)C)C1. The van der Waals surface area contributed by atoms with Crippen LogP contribution in [-0.4, -0.2) is 36.6 Å². The molecule has 1 heterocycles. The normalized spacial score (nSPS) is 25.4. The van der Waals surface area contributed by atoms with Gasteiger partial charge < -0.3 is 10.2 Å². The van der Waals surface area contributed by atoms with E-state index in [2.05, 4.69) is 44.8 Å². The van der Waals surface area contributed by atoms with Gasteiger partial charge >= 0.3 is 0 Å². The maximum Gasteiger partial charge on any atom is 0.00900 e. The van der Waals surface area contributed by atoms with Gasteiger partial charge in [0.15, 0.2) is 0 Å². The quantitative estimate of drug-likeness (QED) is 0.752. The van der Waals surface area contributed by atoms with Crippen LogP contribution < -0.4 is 5.32 Å². The second-order valence-electron chi connectivity index (χ2n) is 5.70. The maximum atomic E-state index is 3.55. The molecular formula is C13H28N2. The van der Waals surface area contributed by atoms with Crippen LogP contribution in [0.15, 0.2) is 0 Å². The summed E-state index contributed by atoms with van der Waals surface area (Å²) >= 11 is 0. The lowest BCUT2D eigenvalue weighted by molar-refractivity contribution is 0.200. The van der Waals surface area contributed by atoms with Gasteiger partial charge in [-0.15, -0.1) is 0 Å². The van der Waals surface area contributed by atoms with Crippen LogP contribution in [0.5, 0.6) is 0 Å². The first-order valence-electron chi connectivity index (χ1n) is 6.48. The fraction of sp³-hybridized carbons (Fsp3) is 1.00. The van der Waals surface area contributed by atoms with Crippen molar-refractivity contribution in [3.63, 3.8) is 0 Å². The first kappa shape index (κ1) is 13.0. The van der Waals surface area contributed by atoms with Crippen molar-refractivity contribution in [2.24, 2.45) is 11.8 Å². The Labute approximate surface area is 95.4 Å². The molecule has 1 N–H and O–H groups in total. The second-order valence-corrected chi connectivity index (χ2v) is 5.70. The molecule has 0 aliphatic carbocycles. The van der Waals surface area contributed by atoms with Crippen molar-refractivity contribution in [1.82, 2.24) is 10.2 Å². The van der Waals surface area contributed by atoms with Gasteiger partial charge in [-0.1, -0.05) is 27.7 Å². The first-order valence-corrected chi connectivity index (χ1v) is 6.48. The highest BCUT2D eigenvalue weighted by atomic mass is 15.2. The summed E-state index contributed by atoms with van der Waals surface area (Å²) in [5, 5.41) is 3.55. The Kier molecular flexibility index (Phi) is 5.07. The van der Waals surface area contributed by atoms with Crippen LogP contribution in [0.3, 0.4) is 0 Å². The molecule has 1 saturated heterocycles. The summed E-state index contributed by atoms with van der Waals surface area (Å²) in [4.78, 5) is 2.65. The van der Waals surface area contributed by atoms with E-state index in [1.165, 1.54) is 26.1 Å². The number of rotatable bonds is 5. The fourth-order valence-corrected chi connectivity index (χ4v) is 2.22. The van der Waals surface area contributed by atoms with Gasteiger partial charge in [-0.25, -0.2) is 0 Å². The van der Waals surface area contributed by atoms with Crippen molar-refractivity contribution in [3.8, 4) is 0 Å². The highest BCUT2D eigenvalue weighted by Gasteiger charge is 2.26. The molecule has 0 bridgehead atoms. The monoisotopic (exact) mass is 212 g/mol. The van der Waals surface area contributed by atoms with Crippen molar-refractivity contribution in [3.05, 3.63) is 0 Å². The predicted octanol–water partition coefficient (Wildman–Crippen LogP) is 2.35. The third-order valence-corrected chi connectivity index (χ3v) is 3.67. The predicted molar refractivity (Wildman–Crippen MR) is 67.1 cm³/mol. The molecule has 2 nitrogen and oxygen atoms in total. The van der Waals surface area contributed by atoms with Crippen molar-refractivity contribution < 1.29 is 0 Å². The van der Waals surface area contributed by atoms with E-state index in [-0.39, 0.29) is 0 Å². The summed E-state index contributed by atoms with van der Waals surface area (Å²) in [6.07, 6.45) is 1.37. The van der Waals surface area contributed by atoms with E-state index < -0.39 is 0 Å². The molecule has 15 heavy (non-hydrogen) atoms. The Bertz CT molecular complexity index is 177. The molecule has 0 aromatic rings. The van der Waals surface area contributed by atoms with Crippen LogP contribution in [0.1, 0.15) is 41.0 Å². The Hall–Kier alpha value is -0.0800. The van der Waals surface area contributed by atoms with Crippen LogP contribution in [0.25, 0.3) is 0 Å². The lowest BCUT2D eigenvalue weighted by Crippen LogP contribution is -2.36. The Morgan fingerprint density at radius 3 is 2.40 bits per heavy atom. The summed E-state index contributed by atoms with van der Waals surface area (Å²) in [6.45, 7) is 15.2. The molecule has 0 aromatic heterocycles. The minimum absolute atomic E-state index is 0.626. The van der Waals surface area contributed by atoms with Gasteiger partial charge in [0, 0.05) is 18.6 Å². The van der Waals surface area contributed by atoms with Crippen molar-refractivity contribution in [2.45, 2.75) is 53.1 Å². The number of hydrogen-bond acceptors (Lipinski definition) is 2. The molecule has 1 fully saturated rings. The van der Waals surface area contributed by atoms with Gasteiger partial charge in [0.05, 0.1) is 0 Å². The molecule has 0 amide bonds. The minimum atomic E-state index is 0.626. The zero-order chi connectivity index (χ0) is 11.4. The summed E-state index contributed by atoms with van der Waals surface area (Å²) < 4.78 is 0. The zero-order valence-corrected chi connectivity index (χ0v) is 11.1. The van der Waals surface area contributed by atoms with Crippen LogP contribution >= 0.6 is 0 Å². The minimum Gasteiger partial charge on any atom is -0.314 e. The molecule has 90 valence electrons. The molecular weight excluding hydrogens is 184 g/mol. The Morgan fingerprint density at radius 2 is 1.87 bits per heavy atom. The molecule has 2 atom stereocenters. The number of likely N-dealkylation sites (tertiary alicyclic amines) is 1. The average molecular weight is 212 g/mol. The number of nitrogens with zero attached hydrogens (tertiary/aromatic N) is 1. The smallest absolute Gasteiger partial charge is 0.00900 e. The topological polar surface area (TPSA) is 15.3 Å². The highest BCUT2D eigenvalue weighted by molar-refractivity contribution is 4.82. The third-order valence-electron chi connectivity index (χ3n) is 3.67. The molecule has 0 saturated carbocycles. The van der Waals surface area contributed by atoms with Gasteiger partial charge in [0.1, 0.15) is 0 Å². The van der Waals surface area contributed by atoms with E-state index in [1.54, 1.807) is 0 Å². The lowest BCUT2D eigenvalue weighted by Gasteiger charge is -2.27. The Morgan fingerprint density at radius 1 is 1.20 bits per heavy atom. The molecule has 1 rings (SSSR count). The van der Waals surface area contributed by atoms with Crippen molar-refractivity contribution in [1.29, 1.82) is 0 Å². The van der Waals surface area contributed by atoms with Crippen LogP contribution in [-0.2, 0) is 0 Å². The maximum absolute atomic E-state index is 3.55. The highest BCUT2D eigenvalue weighted by Crippen LogP contribution is 2.21. The molecule has 0 radical (unpaired) electrons.